The standard InChI is InChI=1S/C27H29F3N8O4S/c1-14-21-25(37-23(35-14)20-18(9-10-42-3)33-13-34-22(20)17-6-7-17)38(15(2)27(28,29)30)26(39)24(36-21)32-12-16-5-8-19(31-11-16)43(4,40)41/h5,8,11,13,15,17H,6-7,9-10,12H2,1-4H3,(H,32,36). The number of aryl methyl sites for hydroxylation is 1. The second-order valence-corrected chi connectivity index (χ2v) is 12.3. The van der Waals surface area contributed by atoms with Crippen molar-refractivity contribution < 1.29 is 26.3 Å². The molecule has 1 unspecified atom stereocenters. The maximum atomic E-state index is 14.1. The summed E-state index contributed by atoms with van der Waals surface area (Å²) >= 11 is 0. The van der Waals surface area contributed by atoms with Gasteiger partial charge in [-0.3, -0.25) is 9.36 Å². The SMILES string of the molecule is COCCc1ncnc(C2CC2)c1-c1nc(C)c2nc(NCc3ccc(S(C)(=O)=O)nc3)c(=O)n(C(C)C(F)(F)F)c2n1. The second kappa shape index (κ2) is 11.6. The number of hydrogen-bond donors (Lipinski definition) is 1. The number of aromatic nitrogens is 7. The minimum absolute atomic E-state index is 0.00997. The number of fused-ring (bicyclic) bond motifs is 1. The van der Waals surface area contributed by atoms with E-state index in [0.717, 1.165) is 26.0 Å². The first-order valence-electron chi connectivity index (χ1n) is 13.4. The molecule has 1 saturated carbocycles. The Hall–Kier alpha value is -4.05. The van der Waals surface area contributed by atoms with E-state index < -0.39 is 27.6 Å². The molecule has 1 aliphatic rings. The number of ether oxygens (including phenoxy) is 1. The van der Waals surface area contributed by atoms with Crippen LogP contribution in [0.15, 0.2) is 34.5 Å². The van der Waals surface area contributed by atoms with Crippen LogP contribution in [0.1, 0.15) is 54.4 Å². The molecule has 0 amide bonds. The van der Waals surface area contributed by atoms with Crippen LogP contribution in [0.4, 0.5) is 19.0 Å². The van der Waals surface area contributed by atoms with Gasteiger partial charge in [0, 0.05) is 38.4 Å². The van der Waals surface area contributed by atoms with E-state index in [1.54, 1.807) is 14.0 Å². The van der Waals surface area contributed by atoms with Crippen LogP contribution in [0.3, 0.4) is 0 Å². The Morgan fingerprint density at radius 2 is 1.88 bits per heavy atom. The predicted molar refractivity (Wildman–Crippen MR) is 150 cm³/mol. The number of rotatable bonds is 10. The number of methoxy groups -OCH3 is 1. The zero-order chi connectivity index (χ0) is 31.1. The molecule has 0 spiro atoms. The lowest BCUT2D eigenvalue weighted by Crippen LogP contribution is -2.35. The van der Waals surface area contributed by atoms with E-state index in [9.17, 15) is 26.4 Å². The quantitative estimate of drug-likeness (QED) is 0.277. The van der Waals surface area contributed by atoms with Crippen molar-refractivity contribution in [2.24, 2.45) is 0 Å². The number of nitrogens with one attached hydrogen (secondary N) is 1. The van der Waals surface area contributed by atoms with Gasteiger partial charge >= 0.3 is 6.18 Å². The van der Waals surface area contributed by atoms with Crippen LogP contribution in [0, 0.1) is 6.92 Å². The molecule has 16 heteroatoms. The molecular formula is C27H29F3N8O4S. The molecule has 228 valence electrons. The van der Waals surface area contributed by atoms with Crippen molar-refractivity contribution in [3.8, 4) is 11.4 Å². The summed E-state index contributed by atoms with van der Waals surface area (Å²) in [6.45, 7) is 2.75. The zero-order valence-electron chi connectivity index (χ0n) is 23.8. The highest BCUT2D eigenvalue weighted by atomic mass is 32.2. The van der Waals surface area contributed by atoms with Gasteiger partial charge in [0.05, 0.1) is 29.3 Å². The smallest absolute Gasteiger partial charge is 0.384 e. The first kappa shape index (κ1) is 30.4. The zero-order valence-corrected chi connectivity index (χ0v) is 24.6. The van der Waals surface area contributed by atoms with Crippen LogP contribution in [-0.4, -0.2) is 69.0 Å². The molecule has 1 atom stereocenters. The van der Waals surface area contributed by atoms with E-state index in [1.807, 2.05) is 0 Å². The minimum atomic E-state index is -4.78. The van der Waals surface area contributed by atoms with Gasteiger partial charge in [-0.1, -0.05) is 6.07 Å². The van der Waals surface area contributed by atoms with Gasteiger partial charge in [-0.05, 0) is 38.3 Å². The summed E-state index contributed by atoms with van der Waals surface area (Å²) in [6, 6.07) is 0.537. The van der Waals surface area contributed by atoms with Gasteiger partial charge in [0.2, 0.25) is 0 Å². The third-order valence-corrected chi connectivity index (χ3v) is 8.10. The summed E-state index contributed by atoms with van der Waals surface area (Å²) in [4.78, 5) is 39.8. The van der Waals surface area contributed by atoms with E-state index in [0.29, 0.717) is 40.1 Å². The van der Waals surface area contributed by atoms with Gasteiger partial charge in [0.1, 0.15) is 17.9 Å². The highest BCUT2D eigenvalue weighted by molar-refractivity contribution is 7.90. The Bertz CT molecular complexity index is 1840. The van der Waals surface area contributed by atoms with Crippen molar-refractivity contribution in [2.75, 3.05) is 25.3 Å². The molecule has 1 fully saturated rings. The monoisotopic (exact) mass is 618 g/mol. The summed E-state index contributed by atoms with van der Waals surface area (Å²) < 4.78 is 71.6. The van der Waals surface area contributed by atoms with E-state index in [2.05, 4.69) is 35.2 Å². The first-order valence-corrected chi connectivity index (χ1v) is 15.3. The van der Waals surface area contributed by atoms with Crippen molar-refractivity contribution in [2.45, 2.75) is 62.8 Å². The molecule has 5 rings (SSSR count). The number of hydrogen-bond acceptors (Lipinski definition) is 11. The molecule has 0 radical (unpaired) electrons. The number of nitrogens with zero attached hydrogens (tertiary/aromatic N) is 7. The van der Waals surface area contributed by atoms with E-state index >= 15 is 0 Å². The van der Waals surface area contributed by atoms with Crippen molar-refractivity contribution in [1.29, 1.82) is 0 Å². The van der Waals surface area contributed by atoms with Crippen molar-refractivity contribution in [3.05, 3.63) is 57.7 Å². The Balaban J connectivity index is 1.64. The number of sulfone groups is 1. The van der Waals surface area contributed by atoms with Crippen LogP contribution in [0.5, 0.6) is 0 Å². The van der Waals surface area contributed by atoms with Crippen molar-refractivity contribution >= 4 is 26.8 Å². The number of alkyl halides is 3. The highest BCUT2D eigenvalue weighted by Gasteiger charge is 2.40. The lowest BCUT2D eigenvalue weighted by atomic mass is 10.0. The molecule has 12 nitrogen and oxygen atoms in total. The van der Waals surface area contributed by atoms with Crippen LogP contribution in [-0.2, 0) is 27.5 Å². The lowest BCUT2D eigenvalue weighted by molar-refractivity contribution is -0.162. The predicted octanol–water partition coefficient (Wildman–Crippen LogP) is 3.55. The Morgan fingerprint density at radius 1 is 1.14 bits per heavy atom. The molecular weight excluding hydrogens is 589 g/mol. The molecule has 43 heavy (non-hydrogen) atoms. The summed E-state index contributed by atoms with van der Waals surface area (Å²) in [5.74, 6) is -0.0840. The maximum absolute atomic E-state index is 14.1. The molecule has 0 aliphatic heterocycles. The maximum Gasteiger partial charge on any atom is 0.409 e. The molecule has 1 aliphatic carbocycles. The largest absolute Gasteiger partial charge is 0.409 e. The molecule has 0 saturated heterocycles. The Labute approximate surface area is 244 Å². The Morgan fingerprint density at radius 3 is 2.49 bits per heavy atom. The number of halogens is 3. The van der Waals surface area contributed by atoms with Crippen molar-refractivity contribution in [1.82, 2.24) is 34.5 Å². The second-order valence-electron chi connectivity index (χ2n) is 10.4. The van der Waals surface area contributed by atoms with E-state index in [-0.39, 0.29) is 46.0 Å². The number of pyridine rings is 1. The first-order chi connectivity index (χ1) is 20.3. The summed E-state index contributed by atoms with van der Waals surface area (Å²) in [7, 11) is -1.97. The highest BCUT2D eigenvalue weighted by Crippen LogP contribution is 2.43. The van der Waals surface area contributed by atoms with Gasteiger partial charge in [-0.15, -0.1) is 0 Å². The van der Waals surface area contributed by atoms with Gasteiger partial charge in [-0.25, -0.2) is 38.3 Å². The average Bonchev–Trinajstić information content (AvgIpc) is 3.79. The molecule has 0 bridgehead atoms. The molecule has 1 N–H and O–H groups in total. The van der Waals surface area contributed by atoms with Gasteiger partial charge in [0.25, 0.3) is 5.56 Å². The fourth-order valence-corrected chi connectivity index (χ4v) is 5.17. The Kier molecular flexibility index (Phi) is 8.17. The normalized spacial score (nSPS) is 14.7. The van der Waals surface area contributed by atoms with E-state index in [4.69, 9.17) is 4.74 Å². The van der Waals surface area contributed by atoms with Gasteiger partial charge < -0.3 is 10.1 Å². The fourth-order valence-electron chi connectivity index (χ4n) is 4.61. The van der Waals surface area contributed by atoms with Gasteiger partial charge in [0.15, 0.2) is 32.2 Å². The molecule has 0 aromatic carbocycles. The average molecular weight is 619 g/mol. The lowest BCUT2D eigenvalue weighted by Gasteiger charge is -2.22. The molecule has 4 heterocycles. The van der Waals surface area contributed by atoms with Crippen LogP contribution < -0.4 is 10.9 Å². The summed E-state index contributed by atoms with van der Waals surface area (Å²) in [5, 5.41) is 2.64. The summed E-state index contributed by atoms with van der Waals surface area (Å²) in [6.07, 6.45) is 1.19. The number of anilines is 1. The fraction of sp³-hybridized carbons (Fsp3) is 0.444. The van der Waals surface area contributed by atoms with Crippen molar-refractivity contribution in [3.63, 3.8) is 0 Å². The third-order valence-electron chi connectivity index (χ3n) is 7.10. The molecule has 4 aromatic rings. The van der Waals surface area contributed by atoms with E-state index in [1.165, 1.54) is 24.7 Å². The van der Waals surface area contributed by atoms with Gasteiger partial charge in [-0.2, -0.15) is 13.2 Å². The summed E-state index contributed by atoms with van der Waals surface area (Å²) in [5.41, 5.74) is 1.27. The third kappa shape index (κ3) is 6.34. The topological polar surface area (TPSA) is 155 Å². The van der Waals surface area contributed by atoms with Crippen LogP contribution in [0.25, 0.3) is 22.6 Å². The molecule has 4 aromatic heterocycles. The minimum Gasteiger partial charge on any atom is -0.384 e. The van der Waals surface area contributed by atoms with Crippen LogP contribution >= 0.6 is 0 Å². The van der Waals surface area contributed by atoms with Crippen LogP contribution in [0.2, 0.25) is 0 Å².